The van der Waals surface area contributed by atoms with Gasteiger partial charge < -0.3 is 9.88 Å². The number of rotatable bonds is 3. The van der Waals surface area contributed by atoms with E-state index >= 15 is 0 Å². The number of fused-ring (bicyclic) bond motifs is 1. The van der Waals surface area contributed by atoms with Crippen LogP contribution >= 0.6 is 0 Å². The zero-order valence-corrected chi connectivity index (χ0v) is 12.7. The number of carbonyl (C=O) groups excluding carboxylic acids is 1. The van der Waals surface area contributed by atoms with Crippen LogP contribution in [0.4, 0.5) is 0 Å². The van der Waals surface area contributed by atoms with Crippen molar-refractivity contribution in [2.45, 2.75) is 25.3 Å². The summed E-state index contributed by atoms with van der Waals surface area (Å²) in [6.07, 6.45) is 8.59. The molecule has 1 aromatic carbocycles. The largest absolute Gasteiger partial charge is 0.349 e. The van der Waals surface area contributed by atoms with Crippen molar-refractivity contribution in [3.05, 3.63) is 71.8 Å². The molecular formula is C18H18N4O. The number of nitrogens with zero attached hydrogens (tertiary/aromatic N) is 2. The van der Waals surface area contributed by atoms with Crippen molar-refractivity contribution in [2.24, 2.45) is 0 Å². The van der Waals surface area contributed by atoms with Gasteiger partial charge >= 0.3 is 0 Å². The Morgan fingerprint density at radius 1 is 1.22 bits per heavy atom. The molecule has 2 N–H and O–H groups in total. The molecule has 1 aliphatic carbocycles. The molecular weight excluding hydrogens is 288 g/mol. The number of hydrogen-bond donors (Lipinski definition) is 2. The van der Waals surface area contributed by atoms with Crippen molar-refractivity contribution < 1.29 is 4.79 Å². The van der Waals surface area contributed by atoms with Gasteiger partial charge in [0.2, 0.25) is 0 Å². The molecule has 1 amide bonds. The van der Waals surface area contributed by atoms with Gasteiger partial charge in [-0.3, -0.25) is 9.89 Å². The molecule has 3 aromatic rings. The first-order chi connectivity index (χ1) is 11.3. The third-order valence-corrected chi connectivity index (χ3v) is 4.39. The topological polar surface area (TPSA) is 62.7 Å². The number of carbonyl (C=O) groups is 1. The Hall–Kier alpha value is -2.82. The van der Waals surface area contributed by atoms with E-state index in [4.69, 9.17) is 0 Å². The van der Waals surface area contributed by atoms with E-state index in [-0.39, 0.29) is 11.9 Å². The summed E-state index contributed by atoms with van der Waals surface area (Å²) in [6.45, 7) is 0. The SMILES string of the molecule is O=C(NC1CCc2cn[nH]c2C1)c1ccc(-n2cccc2)cc1. The van der Waals surface area contributed by atoms with E-state index in [0.717, 1.165) is 30.6 Å². The summed E-state index contributed by atoms with van der Waals surface area (Å²) in [4.78, 5) is 12.4. The Labute approximate surface area is 134 Å². The van der Waals surface area contributed by atoms with Gasteiger partial charge in [0.25, 0.3) is 5.91 Å². The van der Waals surface area contributed by atoms with Gasteiger partial charge in [0.1, 0.15) is 0 Å². The van der Waals surface area contributed by atoms with Gasteiger partial charge in [-0.25, -0.2) is 0 Å². The molecule has 1 aliphatic rings. The summed E-state index contributed by atoms with van der Waals surface area (Å²) < 4.78 is 2.02. The first-order valence-electron chi connectivity index (χ1n) is 7.85. The molecule has 0 saturated carbocycles. The van der Waals surface area contributed by atoms with E-state index < -0.39 is 0 Å². The van der Waals surface area contributed by atoms with Crippen LogP contribution in [0.3, 0.4) is 0 Å². The molecule has 2 heterocycles. The lowest BCUT2D eigenvalue weighted by Gasteiger charge is -2.22. The highest BCUT2D eigenvalue weighted by atomic mass is 16.1. The quantitative estimate of drug-likeness (QED) is 0.781. The number of nitrogens with one attached hydrogen (secondary N) is 2. The lowest BCUT2D eigenvalue weighted by molar-refractivity contribution is 0.0933. The molecule has 5 nitrogen and oxygen atoms in total. The highest BCUT2D eigenvalue weighted by Crippen LogP contribution is 2.19. The summed E-state index contributed by atoms with van der Waals surface area (Å²) in [5.74, 6) is -0.0166. The van der Waals surface area contributed by atoms with E-state index in [2.05, 4.69) is 15.5 Å². The second-order valence-corrected chi connectivity index (χ2v) is 5.92. The number of aromatic amines is 1. The first kappa shape index (κ1) is 13.8. The first-order valence-corrected chi connectivity index (χ1v) is 7.85. The standard InChI is InChI=1S/C18H18N4O/c23-18(20-15-6-3-14-12-19-21-17(14)11-15)13-4-7-16(8-5-13)22-9-1-2-10-22/h1-2,4-5,7-10,12,15H,3,6,11H2,(H,19,21)(H,20,23). The molecule has 4 rings (SSSR count). The lowest BCUT2D eigenvalue weighted by atomic mass is 9.93. The Bertz CT molecular complexity index is 802. The maximum absolute atomic E-state index is 12.4. The molecule has 2 aromatic heterocycles. The Morgan fingerprint density at radius 3 is 2.78 bits per heavy atom. The Morgan fingerprint density at radius 2 is 2.00 bits per heavy atom. The van der Waals surface area contributed by atoms with Crippen molar-refractivity contribution >= 4 is 5.91 Å². The van der Waals surface area contributed by atoms with Crippen molar-refractivity contribution in [3.63, 3.8) is 0 Å². The summed E-state index contributed by atoms with van der Waals surface area (Å²) in [6, 6.07) is 11.8. The van der Waals surface area contributed by atoms with Gasteiger partial charge in [-0.05, 0) is 54.8 Å². The van der Waals surface area contributed by atoms with Crippen LogP contribution in [0.2, 0.25) is 0 Å². The zero-order chi connectivity index (χ0) is 15.6. The number of aromatic nitrogens is 3. The minimum absolute atomic E-state index is 0.0166. The molecule has 0 fully saturated rings. The number of aryl methyl sites for hydroxylation is 1. The lowest BCUT2D eigenvalue weighted by Crippen LogP contribution is -2.38. The molecule has 0 aliphatic heterocycles. The van der Waals surface area contributed by atoms with E-state index in [1.165, 1.54) is 5.56 Å². The molecule has 5 heteroatoms. The Balaban J connectivity index is 1.43. The maximum Gasteiger partial charge on any atom is 0.251 e. The molecule has 1 atom stereocenters. The van der Waals surface area contributed by atoms with Crippen molar-refractivity contribution in [1.82, 2.24) is 20.1 Å². The van der Waals surface area contributed by atoms with Crippen LogP contribution in [0.5, 0.6) is 0 Å². The summed E-state index contributed by atoms with van der Waals surface area (Å²) >= 11 is 0. The second-order valence-electron chi connectivity index (χ2n) is 5.92. The third kappa shape index (κ3) is 2.77. The van der Waals surface area contributed by atoms with E-state index in [1.807, 2.05) is 59.6 Å². The molecule has 0 radical (unpaired) electrons. The predicted molar refractivity (Wildman–Crippen MR) is 87.6 cm³/mol. The van der Waals surface area contributed by atoms with Gasteiger partial charge in [0.15, 0.2) is 0 Å². The van der Waals surface area contributed by atoms with Crippen LogP contribution in [-0.4, -0.2) is 26.7 Å². The predicted octanol–water partition coefficient (Wildman–Crippen LogP) is 2.49. The molecule has 0 spiro atoms. The van der Waals surface area contributed by atoms with E-state index in [0.29, 0.717) is 5.56 Å². The molecule has 0 saturated heterocycles. The molecule has 116 valence electrons. The number of amides is 1. The number of hydrogen-bond acceptors (Lipinski definition) is 2. The zero-order valence-electron chi connectivity index (χ0n) is 12.7. The highest BCUT2D eigenvalue weighted by molar-refractivity contribution is 5.94. The minimum atomic E-state index is -0.0166. The van der Waals surface area contributed by atoms with Gasteiger partial charge in [-0.1, -0.05) is 0 Å². The maximum atomic E-state index is 12.4. The summed E-state index contributed by atoms with van der Waals surface area (Å²) in [5, 5.41) is 10.2. The van der Waals surface area contributed by atoms with Crippen LogP contribution in [0, 0.1) is 0 Å². The van der Waals surface area contributed by atoms with Crippen molar-refractivity contribution in [1.29, 1.82) is 0 Å². The smallest absolute Gasteiger partial charge is 0.251 e. The molecule has 0 bridgehead atoms. The third-order valence-electron chi connectivity index (χ3n) is 4.39. The summed E-state index contributed by atoms with van der Waals surface area (Å²) in [7, 11) is 0. The second kappa shape index (κ2) is 5.76. The van der Waals surface area contributed by atoms with E-state index in [9.17, 15) is 4.79 Å². The van der Waals surface area contributed by atoms with Gasteiger partial charge in [-0.2, -0.15) is 5.10 Å². The van der Waals surface area contributed by atoms with Gasteiger partial charge in [0, 0.05) is 41.8 Å². The van der Waals surface area contributed by atoms with Crippen molar-refractivity contribution in [2.75, 3.05) is 0 Å². The summed E-state index contributed by atoms with van der Waals surface area (Å²) in [5.41, 5.74) is 4.15. The van der Waals surface area contributed by atoms with Crippen LogP contribution < -0.4 is 5.32 Å². The van der Waals surface area contributed by atoms with Crippen LogP contribution in [0.25, 0.3) is 5.69 Å². The molecule has 1 unspecified atom stereocenters. The highest BCUT2D eigenvalue weighted by Gasteiger charge is 2.21. The average Bonchev–Trinajstić information content (AvgIpc) is 3.26. The molecule has 23 heavy (non-hydrogen) atoms. The van der Waals surface area contributed by atoms with Gasteiger partial charge in [0.05, 0.1) is 6.20 Å². The number of benzene rings is 1. The number of H-pyrrole nitrogens is 1. The fourth-order valence-corrected chi connectivity index (χ4v) is 3.09. The fraction of sp³-hybridized carbons (Fsp3) is 0.222. The van der Waals surface area contributed by atoms with Crippen LogP contribution in [0.15, 0.2) is 55.0 Å². The van der Waals surface area contributed by atoms with Crippen LogP contribution in [0.1, 0.15) is 28.0 Å². The van der Waals surface area contributed by atoms with Crippen LogP contribution in [-0.2, 0) is 12.8 Å². The average molecular weight is 306 g/mol. The monoisotopic (exact) mass is 306 g/mol. The Kier molecular flexibility index (Phi) is 3.46. The minimum Gasteiger partial charge on any atom is -0.349 e. The van der Waals surface area contributed by atoms with Gasteiger partial charge in [-0.15, -0.1) is 0 Å². The van der Waals surface area contributed by atoms with Crippen molar-refractivity contribution in [3.8, 4) is 5.69 Å². The fourth-order valence-electron chi connectivity index (χ4n) is 3.09. The van der Waals surface area contributed by atoms with E-state index in [1.54, 1.807) is 0 Å². The normalized spacial score (nSPS) is 16.8.